The Morgan fingerprint density at radius 3 is 1.80 bits per heavy atom. The Morgan fingerprint density at radius 1 is 0.900 bits per heavy atom. The van der Waals surface area contributed by atoms with E-state index in [-0.39, 0.29) is 0 Å². The summed E-state index contributed by atoms with van der Waals surface area (Å²) in [5, 5.41) is 11.2. The van der Waals surface area contributed by atoms with Crippen LogP contribution in [0.5, 0.6) is 0 Å². The van der Waals surface area contributed by atoms with Crippen molar-refractivity contribution in [1.29, 1.82) is 0 Å². The molecule has 1 heterocycles. The molecule has 2 aromatic carbocycles. The van der Waals surface area contributed by atoms with Crippen LogP contribution in [-0.2, 0) is 15.1 Å². The molecule has 0 amide bonds. The van der Waals surface area contributed by atoms with Gasteiger partial charge in [0.25, 0.3) is 0 Å². The third-order valence-corrected chi connectivity index (χ3v) is 3.49. The van der Waals surface area contributed by atoms with E-state index in [2.05, 4.69) is 0 Å². The summed E-state index contributed by atoms with van der Waals surface area (Å²) in [6.07, 6.45) is 2.23. The summed E-state index contributed by atoms with van der Waals surface area (Å²) in [5.41, 5.74) is -0.00310. The van der Waals surface area contributed by atoms with Gasteiger partial charge in [-0.3, -0.25) is 0 Å². The second kappa shape index (κ2) is 4.94. The van der Waals surface area contributed by atoms with E-state index in [0.717, 1.165) is 0 Å². The Labute approximate surface area is 117 Å². The second-order valence-corrected chi connectivity index (χ2v) is 4.72. The van der Waals surface area contributed by atoms with Crippen LogP contribution in [0.2, 0.25) is 0 Å². The molecule has 3 rings (SSSR count). The van der Waals surface area contributed by atoms with Crippen LogP contribution < -0.4 is 0 Å². The van der Waals surface area contributed by atoms with Crippen LogP contribution in [0.3, 0.4) is 0 Å². The highest BCUT2D eigenvalue weighted by Crippen LogP contribution is 2.36. The number of carbonyl (C=O) groups excluding carboxylic acids is 1. The van der Waals surface area contributed by atoms with Gasteiger partial charge in [0.2, 0.25) is 0 Å². The molecule has 20 heavy (non-hydrogen) atoms. The largest absolute Gasteiger partial charge is 0.451 e. The molecule has 1 N–H and O–H groups in total. The SMILES string of the molecule is O=C1C=CC(C(O)(c2ccccc2)c2ccccc2)O1. The molecule has 0 fully saturated rings. The lowest BCUT2D eigenvalue weighted by Gasteiger charge is -2.33. The maximum absolute atomic E-state index is 11.3. The number of cyclic esters (lactones) is 1. The maximum Gasteiger partial charge on any atom is 0.331 e. The van der Waals surface area contributed by atoms with Crippen molar-refractivity contribution in [3.05, 3.63) is 83.9 Å². The molecule has 0 spiro atoms. The van der Waals surface area contributed by atoms with E-state index in [9.17, 15) is 9.90 Å². The topological polar surface area (TPSA) is 46.5 Å². The third-order valence-electron chi connectivity index (χ3n) is 3.49. The quantitative estimate of drug-likeness (QED) is 0.868. The lowest BCUT2D eigenvalue weighted by molar-refractivity contribution is -0.147. The zero-order valence-electron chi connectivity index (χ0n) is 10.8. The number of ether oxygens (including phenoxy) is 1. The highest BCUT2D eigenvalue weighted by molar-refractivity contribution is 5.84. The van der Waals surface area contributed by atoms with Gasteiger partial charge in [-0.25, -0.2) is 4.79 Å². The second-order valence-electron chi connectivity index (χ2n) is 4.72. The van der Waals surface area contributed by atoms with Crippen LogP contribution >= 0.6 is 0 Å². The standard InChI is InChI=1S/C17H14O3/c18-16-12-11-15(20-16)17(19,13-7-3-1-4-8-13)14-9-5-2-6-10-14/h1-12,15,19H. The summed E-state index contributed by atoms with van der Waals surface area (Å²) in [5.74, 6) is -0.430. The normalized spacial score (nSPS) is 18.1. The Bertz CT molecular complexity index is 592. The average Bonchev–Trinajstić information content (AvgIpc) is 2.95. The first-order valence-corrected chi connectivity index (χ1v) is 6.43. The summed E-state index contributed by atoms with van der Waals surface area (Å²) in [4.78, 5) is 11.3. The third kappa shape index (κ3) is 2.02. The molecule has 3 heteroatoms. The number of rotatable bonds is 3. The van der Waals surface area contributed by atoms with Gasteiger partial charge in [-0.05, 0) is 17.2 Å². The number of hydrogen-bond donors (Lipinski definition) is 1. The summed E-state index contributed by atoms with van der Waals surface area (Å²) in [7, 11) is 0. The van der Waals surface area contributed by atoms with Crippen molar-refractivity contribution >= 4 is 5.97 Å². The monoisotopic (exact) mass is 266 g/mol. The van der Waals surface area contributed by atoms with Crippen LogP contribution in [0.4, 0.5) is 0 Å². The van der Waals surface area contributed by atoms with Crippen LogP contribution in [0, 0.1) is 0 Å². The van der Waals surface area contributed by atoms with Crippen molar-refractivity contribution < 1.29 is 14.6 Å². The highest BCUT2D eigenvalue weighted by Gasteiger charge is 2.43. The zero-order chi connectivity index (χ0) is 14.0. The van der Waals surface area contributed by atoms with Gasteiger partial charge in [0, 0.05) is 6.08 Å². The van der Waals surface area contributed by atoms with Crippen molar-refractivity contribution in [2.45, 2.75) is 11.7 Å². The maximum atomic E-state index is 11.3. The fourth-order valence-electron chi connectivity index (χ4n) is 2.47. The van der Waals surface area contributed by atoms with E-state index < -0.39 is 17.7 Å². The minimum Gasteiger partial charge on any atom is -0.451 e. The zero-order valence-corrected chi connectivity index (χ0v) is 10.8. The van der Waals surface area contributed by atoms with Crippen molar-refractivity contribution in [3.63, 3.8) is 0 Å². The Morgan fingerprint density at radius 2 is 1.40 bits per heavy atom. The van der Waals surface area contributed by atoms with Crippen molar-refractivity contribution in [2.75, 3.05) is 0 Å². The van der Waals surface area contributed by atoms with Gasteiger partial charge in [0.15, 0.2) is 11.7 Å². The molecule has 100 valence electrons. The van der Waals surface area contributed by atoms with E-state index in [1.165, 1.54) is 6.08 Å². The Balaban J connectivity index is 2.13. The predicted molar refractivity (Wildman–Crippen MR) is 74.9 cm³/mol. The van der Waals surface area contributed by atoms with Gasteiger partial charge in [0.05, 0.1) is 0 Å². The molecule has 1 atom stereocenters. The molecule has 1 aliphatic heterocycles. The predicted octanol–water partition coefficient (Wildman–Crippen LogP) is 2.40. The van der Waals surface area contributed by atoms with E-state index in [0.29, 0.717) is 11.1 Å². The summed E-state index contributed by atoms with van der Waals surface area (Å²) in [6, 6.07) is 18.5. The van der Waals surface area contributed by atoms with E-state index in [4.69, 9.17) is 4.74 Å². The molecular weight excluding hydrogens is 252 g/mol. The number of esters is 1. The van der Waals surface area contributed by atoms with Gasteiger partial charge in [-0.15, -0.1) is 0 Å². The molecule has 0 radical (unpaired) electrons. The van der Waals surface area contributed by atoms with E-state index in [1.807, 2.05) is 60.7 Å². The molecule has 1 aliphatic rings. The Kier molecular flexibility index (Phi) is 3.12. The van der Waals surface area contributed by atoms with Crippen molar-refractivity contribution in [1.82, 2.24) is 0 Å². The first kappa shape index (κ1) is 12.6. The molecule has 1 unspecified atom stereocenters. The molecular formula is C17H14O3. The van der Waals surface area contributed by atoms with Crippen LogP contribution in [0.1, 0.15) is 11.1 Å². The molecule has 0 saturated heterocycles. The minimum absolute atomic E-state index is 0.430. The minimum atomic E-state index is -1.38. The average molecular weight is 266 g/mol. The van der Waals surface area contributed by atoms with Crippen LogP contribution in [-0.4, -0.2) is 17.2 Å². The van der Waals surface area contributed by atoms with E-state index in [1.54, 1.807) is 6.08 Å². The summed E-state index contributed by atoms with van der Waals surface area (Å²) in [6.45, 7) is 0. The van der Waals surface area contributed by atoms with Gasteiger partial charge < -0.3 is 9.84 Å². The number of carbonyl (C=O) groups is 1. The number of aliphatic hydroxyl groups is 1. The molecule has 0 bridgehead atoms. The van der Waals surface area contributed by atoms with Crippen molar-refractivity contribution in [2.24, 2.45) is 0 Å². The molecule has 0 aliphatic carbocycles. The van der Waals surface area contributed by atoms with Crippen LogP contribution in [0.15, 0.2) is 72.8 Å². The summed E-state index contributed by atoms with van der Waals surface area (Å²) >= 11 is 0. The molecule has 3 nitrogen and oxygen atoms in total. The highest BCUT2D eigenvalue weighted by atomic mass is 16.6. The van der Waals surface area contributed by atoms with Gasteiger partial charge >= 0.3 is 5.97 Å². The Hall–Kier alpha value is -2.39. The fourth-order valence-corrected chi connectivity index (χ4v) is 2.47. The lowest BCUT2D eigenvalue weighted by atomic mass is 9.81. The van der Waals surface area contributed by atoms with Crippen molar-refractivity contribution in [3.8, 4) is 0 Å². The summed E-state index contributed by atoms with van der Waals surface area (Å²) < 4.78 is 5.24. The van der Waals surface area contributed by atoms with Crippen LogP contribution in [0.25, 0.3) is 0 Å². The smallest absolute Gasteiger partial charge is 0.331 e. The van der Waals surface area contributed by atoms with Gasteiger partial charge in [0.1, 0.15) is 0 Å². The first-order chi connectivity index (χ1) is 9.71. The molecule has 0 saturated carbocycles. The lowest BCUT2D eigenvalue weighted by Crippen LogP contribution is -2.40. The number of hydrogen-bond acceptors (Lipinski definition) is 3. The molecule has 0 aromatic heterocycles. The fraction of sp³-hybridized carbons (Fsp3) is 0.118. The number of benzene rings is 2. The molecule has 2 aromatic rings. The van der Waals surface area contributed by atoms with Gasteiger partial charge in [-0.2, -0.15) is 0 Å². The first-order valence-electron chi connectivity index (χ1n) is 6.43. The van der Waals surface area contributed by atoms with E-state index >= 15 is 0 Å². The van der Waals surface area contributed by atoms with Gasteiger partial charge in [-0.1, -0.05) is 60.7 Å².